The normalized spacial score (nSPS) is 16.1. The molecule has 0 N–H and O–H groups in total. The third-order valence-corrected chi connectivity index (χ3v) is 3.44. The Morgan fingerprint density at radius 1 is 1.38 bits per heavy atom. The van der Waals surface area contributed by atoms with E-state index >= 15 is 0 Å². The Hall–Kier alpha value is -1.71. The molecule has 84 valence electrons. The molecule has 1 aliphatic heterocycles. The Labute approximate surface area is 94.2 Å². The summed E-state index contributed by atoms with van der Waals surface area (Å²) in [6.45, 7) is 4.17. The molecule has 0 fully saturated rings. The van der Waals surface area contributed by atoms with E-state index in [0.29, 0.717) is 0 Å². The molecule has 0 saturated carbocycles. The maximum absolute atomic E-state index is 10.8. The molecule has 0 aromatic heterocycles. The minimum atomic E-state index is -0.352. The molecular weight excluding hydrogens is 204 g/mol. The fourth-order valence-electron chi connectivity index (χ4n) is 2.23. The molecule has 0 saturated heterocycles. The zero-order valence-corrected chi connectivity index (χ0v) is 9.43. The van der Waals surface area contributed by atoms with Crippen LogP contribution < -0.4 is 0 Å². The number of hydrogen-bond acceptors (Lipinski definition) is 3. The summed E-state index contributed by atoms with van der Waals surface area (Å²) in [7, 11) is 0. The molecule has 0 spiro atoms. The van der Waals surface area contributed by atoms with E-state index < -0.39 is 0 Å². The molecule has 0 radical (unpaired) electrons. The van der Waals surface area contributed by atoms with E-state index in [-0.39, 0.29) is 16.0 Å². The summed E-state index contributed by atoms with van der Waals surface area (Å²) in [6.07, 6.45) is 3.77. The molecule has 4 heteroatoms. The predicted octanol–water partition coefficient (Wildman–Crippen LogP) is 3.37. The Morgan fingerprint density at radius 3 is 2.62 bits per heavy atom. The van der Waals surface area contributed by atoms with E-state index in [4.69, 9.17) is 0 Å². The fraction of sp³-hybridized carbons (Fsp3) is 0.417. The minimum Gasteiger partial charge on any atom is -0.260 e. The fourth-order valence-corrected chi connectivity index (χ4v) is 2.23. The molecule has 4 nitrogen and oxygen atoms in total. The van der Waals surface area contributed by atoms with Gasteiger partial charge in [0.1, 0.15) is 0 Å². The SMILES string of the molecule is CCC1(CC)C=Nc2ccc([N+](=O)[O-])cc21. The van der Waals surface area contributed by atoms with E-state index in [1.807, 2.05) is 6.21 Å². The zero-order valence-electron chi connectivity index (χ0n) is 9.43. The Bertz CT molecular complexity index is 462. The molecule has 0 unspecified atom stereocenters. The van der Waals surface area contributed by atoms with Crippen LogP contribution in [0.5, 0.6) is 0 Å². The van der Waals surface area contributed by atoms with Crippen molar-refractivity contribution in [2.45, 2.75) is 32.1 Å². The van der Waals surface area contributed by atoms with Crippen molar-refractivity contribution in [2.24, 2.45) is 4.99 Å². The summed E-state index contributed by atoms with van der Waals surface area (Å²) in [4.78, 5) is 14.7. The van der Waals surface area contributed by atoms with E-state index in [1.165, 1.54) is 6.07 Å². The van der Waals surface area contributed by atoms with Crippen LogP contribution >= 0.6 is 0 Å². The Kier molecular flexibility index (Phi) is 2.50. The van der Waals surface area contributed by atoms with Crippen LogP contribution in [0.1, 0.15) is 32.3 Å². The average Bonchev–Trinajstić information content (AvgIpc) is 2.67. The van der Waals surface area contributed by atoms with Crippen molar-refractivity contribution >= 4 is 17.6 Å². The van der Waals surface area contributed by atoms with E-state index in [1.54, 1.807) is 12.1 Å². The molecule has 2 rings (SSSR count). The van der Waals surface area contributed by atoms with Gasteiger partial charge in [0.2, 0.25) is 0 Å². The Balaban J connectivity index is 2.55. The first kappa shape index (κ1) is 10.8. The molecule has 0 amide bonds. The standard InChI is InChI=1S/C12H14N2O2/c1-3-12(4-2)8-13-11-6-5-9(14(15)16)7-10(11)12/h5-8H,3-4H2,1-2H3. The molecule has 0 aliphatic carbocycles. The number of nitro benzene ring substituents is 1. The van der Waals surface area contributed by atoms with Gasteiger partial charge in [-0.15, -0.1) is 0 Å². The molecule has 0 atom stereocenters. The number of fused-ring (bicyclic) bond motifs is 1. The van der Waals surface area contributed by atoms with Crippen LogP contribution in [0.25, 0.3) is 0 Å². The van der Waals surface area contributed by atoms with Gasteiger partial charge in [0.15, 0.2) is 0 Å². The summed E-state index contributed by atoms with van der Waals surface area (Å²) in [5.74, 6) is 0. The summed E-state index contributed by atoms with van der Waals surface area (Å²) in [6, 6.07) is 4.91. The van der Waals surface area contributed by atoms with Crippen molar-refractivity contribution in [3.8, 4) is 0 Å². The molecule has 1 aromatic carbocycles. The lowest BCUT2D eigenvalue weighted by Gasteiger charge is -2.23. The smallest absolute Gasteiger partial charge is 0.260 e. The van der Waals surface area contributed by atoms with Crippen molar-refractivity contribution in [3.63, 3.8) is 0 Å². The van der Waals surface area contributed by atoms with Crippen LogP contribution in [0.2, 0.25) is 0 Å². The van der Waals surface area contributed by atoms with Gasteiger partial charge in [0, 0.05) is 23.8 Å². The molecule has 0 bridgehead atoms. The van der Waals surface area contributed by atoms with E-state index in [9.17, 15) is 10.1 Å². The second-order valence-corrected chi connectivity index (χ2v) is 4.08. The number of aliphatic imine (C=N–C) groups is 1. The number of rotatable bonds is 3. The van der Waals surface area contributed by atoms with Crippen molar-refractivity contribution in [3.05, 3.63) is 33.9 Å². The number of hydrogen-bond donors (Lipinski definition) is 0. The lowest BCUT2D eigenvalue weighted by molar-refractivity contribution is -0.384. The van der Waals surface area contributed by atoms with Gasteiger partial charge in [-0.3, -0.25) is 15.1 Å². The first-order chi connectivity index (χ1) is 7.63. The van der Waals surface area contributed by atoms with Crippen molar-refractivity contribution in [2.75, 3.05) is 0 Å². The van der Waals surface area contributed by atoms with Gasteiger partial charge < -0.3 is 0 Å². The predicted molar refractivity (Wildman–Crippen MR) is 63.5 cm³/mol. The quantitative estimate of drug-likeness (QED) is 0.577. The van der Waals surface area contributed by atoms with Gasteiger partial charge in [-0.05, 0) is 24.5 Å². The minimum absolute atomic E-state index is 0.110. The van der Waals surface area contributed by atoms with Gasteiger partial charge in [-0.1, -0.05) is 13.8 Å². The van der Waals surface area contributed by atoms with Gasteiger partial charge in [-0.25, -0.2) is 0 Å². The molecular formula is C12H14N2O2. The Morgan fingerprint density at radius 2 is 2.06 bits per heavy atom. The van der Waals surface area contributed by atoms with Crippen molar-refractivity contribution < 1.29 is 4.92 Å². The third kappa shape index (κ3) is 1.41. The molecule has 1 heterocycles. The van der Waals surface area contributed by atoms with E-state index in [0.717, 1.165) is 24.1 Å². The van der Waals surface area contributed by atoms with Crippen LogP contribution in [0.4, 0.5) is 11.4 Å². The van der Waals surface area contributed by atoms with Gasteiger partial charge in [-0.2, -0.15) is 0 Å². The van der Waals surface area contributed by atoms with Gasteiger partial charge in [0.05, 0.1) is 10.6 Å². The number of benzene rings is 1. The second-order valence-electron chi connectivity index (χ2n) is 4.08. The summed E-state index contributed by atoms with van der Waals surface area (Å²) in [5, 5.41) is 10.8. The molecule has 16 heavy (non-hydrogen) atoms. The highest BCUT2D eigenvalue weighted by Crippen LogP contribution is 2.42. The molecule has 1 aliphatic rings. The number of nitrogens with zero attached hydrogens (tertiary/aromatic N) is 2. The average molecular weight is 218 g/mol. The zero-order chi connectivity index (χ0) is 11.8. The monoisotopic (exact) mass is 218 g/mol. The van der Waals surface area contributed by atoms with Crippen LogP contribution in [0.3, 0.4) is 0 Å². The van der Waals surface area contributed by atoms with Gasteiger partial charge in [0.25, 0.3) is 5.69 Å². The van der Waals surface area contributed by atoms with E-state index in [2.05, 4.69) is 18.8 Å². The topological polar surface area (TPSA) is 55.5 Å². The second kappa shape index (κ2) is 3.70. The largest absolute Gasteiger partial charge is 0.269 e. The van der Waals surface area contributed by atoms with Crippen LogP contribution in [0, 0.1) is 10.1 Å². The van der Waals surface area contributed by atoms with Crippen molar-refractivity contribution in [1.82, 2.24) is 0 Å². The lowest BCUT2D eigenvalue weighted by Crippen LogP contribution is -2.23. The summed E-state index contributed by atoms with van der Waals surface area (Å²) < 4.78 is 0. The number of nitro groups is 1. The van der Waals surface area contributed by atoms with Crippen LogP contribution in [0.15, 0.2) is 23.2 Å². The molecule has 1 aromatic rings. The third-order valence-electron chi connectivity index (χ3n) is 3.44. The van der Waals surface area contributed by atoms with Crippen LogP contribution in [-0.4, -0.2) is 11.1 Å². The summed E-state index contributed by atoms with van der Waals surface area (Å²) in [5.41, 5.74) is 1.90. The highest BCUT2D eigenvalue weighted by atomic mass is 16.6. The maximum Gasteiger partial charge on any atom is 0.269 e. The first-order valence-corrected chi connectivity index (χ1v) is 5.47. The summed E-state index contributed by atoms with van der Waals surface area (Å²) >= 11 is 0. The van der Waals surface area contributed by atoms with Crippen molar-refractivity contribution in [1.29, 1.82) is 0 Å². The van der Waals surface area contributed by atoms with Gasteiger partial charge >= 0.3 is 0 Å². The maximum atomic E-state index is 10.8. The first-order valence-electron chi connectivity index (χ1n) is 5.47. The highest BCUT2D eigenvalue weighted by Gasteiger charge is 2.34. The number of non-ortho nitro benzene ring substituents is 1. The lowest BCUT2D eigenvalue weighted by atomic mass is 9.78. The highest BCUT2D eigenvalue weighted by molar-refractivity contribution is 5.85. The van der Waals surface area contributed by atoms with Crippen LogP contribution in [-0.2, 0) is 5.41 Å².